The molecule has 1 aromatic carbocycles. The molecule has 1 saturated carbocycles. The normalized spacial score (nSPS) is 20.3. The van der Waals surface area contributed by atoms with Crippen LogP contribution < -0.4 is 16.0 Å². The Labute approximate surface area is 211 Å². The molecule has 3 heterocycles. The molecule has 2 aromatic heterocycles. The Kier molecular flexibility index (Phi) is 7.35. The van der Waals surface area contributed by atoms with Crippen molar-refractivity contribution in [3.63, 3.8) is 0 Å². The number of hydrogen-bond donors (Lipinski definition) is 3. The van der Waals surface area contributed by atoms with Crippen molar-refractivity contribution in [2.75, 3.05) is 30.4 Å². The van der Waals surface area contributed by atoms with Crippen molar-refractivity contribution in [3.8, 4) is 0 Å². The fraction of sp³-hybridized carbons (Fsp3) is 0.444. The summed E-state index contributed by atoms with van der Waals surface area (Å²) in [6.45, 7) is 4.14. The summed E-state index contributed by atoms with van der Waals surface area (Å²) in [6, 6.07) is 12.7. The largest absolute Gasteiger partial charge is 0.377 e. The number of hydrogen-bond acceptors (Lipinski definition) is 6. The number of amides is 1. The van der Waals surface area contributed by atoms with Gasteiger partial charge in [-0.25, -0.2) is 9.97 Å². The average molecular weight is 494 g/mol. The monoisotopic (exact) mass is 493 g/mol. The van der Waals surface area contributed by atoms with Gasteiger partial charge >= 0.3 is 0 Å². The number of carbonyl (C=O) groups is 1. The molecule has 0 unspecified atom stereocenters. The lowest BCUT2D eigenvalue weighted by atomic mass is 9.86. The van der Waals surface area contributed by atoms with E-state index in [1.807, 2.05) is 31.2 Å². The first kappa shape index (κ1) is 23.8. The zero-order valence-corrected chi connectivity index (χ0v) is 20.8. The van der Waals surface area contributed by atoms with E-state index in [9.17, 15) is 4.79 Å². The van der Waals surface area contributed by atoms with Crippen molar-refractivity contribution in [2.24, 2.45) is 5.92 Å². The van der Waals surface area contributed by atoms with E-state index < -0.39 is 0 Å². The molecule has 2 fully saturated rings. The molecule has 5 rings (SSSR count). The van der Waals surface area contributed by atoms with Gasteiger partial charge in [-0.05, 0) is 67.9 Å². The van der Waals surface area contributed by atoms with Gasteiger partial charge in [-0.15, -0.1) is 0 Å². The maximum absolute atomic E-state index is 12.0. The summed E-state index contributed by atoms with van der Waals surface area (Å²) in [7, 11) is 0. The number of benzene rings is 1. The number of pyridine rings is 2. The number of aromatic nitrogens is 2. The molecule has 1 aliphatic heterocycles. The van der Waals surface area contributed by atoms with Crippen molar-refractivity contribution in [1.82, 2.24) is 15.3 Å². The van der Waals surface area contributed by atoms with E-state index in [-0.39, 0.29) is 11.9 Å². The van der Waals surface area contributed by atoms with Crippen molar-refractivity contribution in [3.05, 3.63) is 58.7 Å². The standard InChI is InChI=1S/C27H32ClN5O2/c1-17-2-6-20-7-11-24(33-27(20)26(17)28)31-21-8-3-18(4-9-21)13-29-23-10-5-19(14-30-23)12-25(34)32-22-15-35-16-22/h2,5-7,10-11,14,18,21-22H,3-4,8-9,12-13,15-16H2,1H3,(H,29,30)(H,31,33)(H,32,34). The van der Waals surface area contributed by atoms with Crippen LogP contribution in [0.2, 0.25) is 5.02 Å². The Hall–Kier alpha value is -2.90. The molecule has 2 aliphatic rings. The molecule has 3 aromatic rings. The SMILES string of the molecule is Cc1ccc2ccc(NC3CCC(CNc4ccc(CC(=O)NC5COC5)cn4)CC3)nc2c1Cl. The first-order valence-corrected chi connectivity index (χ1v) is 12.8. The van der Waals surface area contributed by atoms with Crippen LogP contribution in [-0.2, 0) is 16.0 Å². The molecule has 184 valence electrons. The smallest absolute Gasteiger partial charge is 0.224 e. The number of fused-ring (bicyclic) bond motifs is 1. The van der Waals surface area contributed by atoms with E-state index in [1.165, 1.54) is 0 Å². The number of halogens is 1. The predicted molar refractivity (Wildman–Crippen MR) is 140 cm³/mol. The van der Waals surface area contributed by atoms with E-state index in [4.69, 9.17) is 21.3 Å². The Morgan fingerprint density at radius 2 is 1.80 bits per heavy atom. The van der Waals surface area contributed by atoms with Crippen molar-refractivity contribution < 1.29 is 9.53 Å². The number of anilines is 2. The fourth-order valence-electron chi connectivity index (χ4n) is 4.72. The third-order valence-corrected chi connectivity index (χ3v) is 7.43. The van der Waals surface area contributed by atoms with Gasteiger partial charge < -0.3 is 20.7 Å². The molecular formula is C27H32ClN5O2. The second kappa shape index (κ2) is 10.8. The second-order valence-electron chi connectivity index (χ2n) is 9.74. The van der Waals surface area contributed by atoms with Crippen LogP contribution in [0.25, 0.3) is 10.9 Å². The highest BCUT2D eigenvalue weighted by Gasteiger charge is 2.22. The number of ether oxygens (including phenoxy) is 1. The van der Waals surface area contributed by atoms with Crippen molar-refractivity contribution in [2.45, 2.75) is 51.1 Å². The zero-order chi connectivity index (χ0) is 24.2. The summed E-state index contributed by atoms with van der Waals surface area (Å²) >= 11 is 6.48. The minimum atomic E-state index is 0.0169. The van der Waals surface area contributed by atoms with Gasteiger partial charge in [-0.3, -0.25) is 4.79 Å². The van der Waals surface area contributed by atoms with Crippen molar-refractivity contribution in [1.29, 1.82) is 0 Å². The molecule has 0 spiro atoms. The summed E-state index contributed by atoms with van der Waals surface area (Å²) < 4.78 is 5.09. The molecule has 1 amide bonds. The highest BCUT2D eigenvalue weighted by Crippen LogP contribution is 2.29. The Balaban J connectivity index is 1.06. The second-order valence-corrected chi connectivity index (χ2v) is 10.1. The van der Waals surface area contributed by atoms with E-state index in [0.717, 1.165) is 70.9 Å². The van der Waals surface area contributed by atoms with Gasteiger partial charge in [0.25, 0.3) is 0 Å². The van der Waals surface area contributed by atoms with Gasteiger partial charge in [0, 0.05) is 24.2 Å². The molecule has 0 atom stereocenters. The fourth-order valence-corrected chi connectivity index (χ4v) is 4.94. The summed E-state index contributed by atoms with van der Waals surface area (Å²) in [6.07, 6.45) is 6.66. The van der Waals surface area contributed by atoms with Gasteiger partial charge in [-0.2, -0.15) is 0 Å². The van der Waals surface area contributed by atoms with Gasteiger partial charge in [-0.1, -0.05) is 29.8 Å². The minimum absolute atomic E-state index is 0.0169. The lowest BCUT2D eigenvalue weighted by molar-refractivity contribution is -0.124. The summed E-state index contributed by atoms with van der Waals surface area (Å²) in [5.41, 5.74) is 2.83. The van der Waals surface area contributed by atoms with E-state index in [2.05, 4.69) is 33.1 Å². The first-order valence-electron chi connectivity index (χ1n) is 12.4. The molecular weight excluding hydrogens is 462 g/mol. The predicted octanol–water partition coefficient (Wildman–Crippen LogP) is 4.73. The minimum Gasteiger partial charge on any atom is -0.377 e. The topological polar surface area (TPSA) is 88.2 Å². The van der Waals surface area contributed by atoms with E-state index in [1.54, 1.807) is 6.20 Å². The zero-order valence-electron chi connectivity index (χ0n) is 20.0. The number of nitrogens with zero attached hydrogens (tertiary/aromatic N) is 2. The van der Waals surface area contributed by atoms with Crippen LogP contribution in [0.3, 0.4) is 0 Å². The molecule has 7 nitrogen and oxygen atoms in total. The van der Waals surface area contributed by atoms with Crippen LogP contribution in [0.1, 0.15) is 36.8 Å². The van der Waals surface area contributed by atoms with Crippen LogP contribution in [0.5, 0.6) is 0 Å². The highest BCUT2D eigenvalue weighted by atomic mass is 35.5. The molecule has 35 heavy (non-hydrogen) atoms. The lowest BCUT2D eigenvalue weighted by Gasteiger charge is -2.29. The third kappa shape index (κ3) is 6.03. The quantitative estimate of drug-likeness (QED) is 0.420. The van der Waals surface area contributed by atoms with Gasteiger partial charge in [0.15, 0.2) is 0 Å². The highest BCUT2D eigenvalue weighted by molar-refractivity contribution is 6.35. The number of rotatable bonds is 8. The number of aryl methyl sites for hydroxylation is 1. The molecule has 3 N–H and O–H groups in total. The van der Waals surface area contributed by atoms with Crippen LogP contribution in [0, 0.1) is 12.8 Å². The molecule has 1 aliphatic carbocycles. The Morgan fingerprint density at radius 3 is 2.51 bits per heavy atom. The average Bonchev–Trinajstić information content (AvgIpc) is 2.84. The maximum Gasteiger partial charge on any atom is 0.224 e. The van der Waals surface area contributed by atoms with Crippen LogP contribution in [0.15, 0.2) is 42.6 Å². The maximum atomic E-state index is 12.0. The summed E-state index contributed by atoms with van der Waals surface area (Å²) in [5, 5.41) is 11.8. The van der Waals surface area contributed by atoms with Crippen LogP contribution >= 0.6 is 11.6 Å². The van der Waals surface area contributed by atoms with E-state index >= 15 is 0 Å². The Bertz CT molecular complexity index is 1170. The number of carbonyl (C=O) groups excluding carboxylic acids is 1. The van der Waals surface area contributed by atoms with Crippen molar-refractivity contribution >= 4 is 40.0 Å². The molecule has 1 saturated heterocycles. The molecule has 0 bridgehead atoms. The van der Waals surface area contributed by atoms with Gasteiger partial charge in [0.2, 0.25) is 5.91 Å². The lowest BCUT2D eigenvalue weighted by Crippen LogP contribution is -2.49. The third-order valence-electron chi connectivity index (χ3n) is 6.96. The summed E-state index contributed by atoms with van der Waals surface area (Å²) in [5.74, 6) is 2.38. The number of nitrogens with one attached hydrogen (secondary N) is 3. The molecule has 0 radical (unpaired) electrons. The first-order chi connectivity index (χ1) is 17.0. The van der Waals surface area contributed by atoms with Crippen LogP contribution in [-0.4, -0.2) is 47.7 Å². The molecule has 8 heteroatoms. The van der Waals surface area contributed by atoms with E-state index in [0.29, 0.717) is 31.6 Å². The Morgan fingerprint density at radius 1 is 1.03 bits per heavy atom. The van der Waals surface area contributed by atoms with Crippen LogP contribution in [0.4, 0.5) is 11.6 Å². The van der Waals surface area contributed by atoms with Gasteiger partial charge in [0.1, 0.15) is 11.6 Å². The van der Waals surface area contributed by atoms with Gasteiger partial charge in [0.05, 0.1) is 36.2 Å². The summed E-state index contributed by atoms with van der Waals surface area (Å²) in [4.78, 5) is 21.3.